The van der Waals surface area contributed by atoms with E-state index in [-0.39, 0.29) is 10.8 Å². The predicted octanol–water partition coefficient (Wildman–Crippen LogP) is 1.72. The second kappa shape index (κ2) is 5.60. The monoisotopic (exact) mass is 346 g/mol. The molecule has 2 rings (SSSR count). The lowest BCUT2D eigenvalue weighted by Gasteiger charge is -2.27. The first-order chi connectivity index (χ1) is 8.89. The van der Waals surface area contributed by atoms with Crippen LogP contribution in [0.5, 0.6) is 0 Å². The summed E-state index contributed by atoms with van der Waals surface area (Å²) >= 11 is 3.28. The van der Waals surface area contributed by atoms with Gasteiger partial charge in [0.1, 0.15) is 0 Å². The van der Waals surface area contributed by atoms with Crippen LogP contribution in [-0.4, -0.2) is 32.3 Å². The largest absolute Gasteiger partial charge is 0.339 e. The zero-order valence-corrected chi connectivity index (χ0v) is 12.7. The van der Waals surface area contributed by atoms with Crippen LogP contribution in [0, 0.1) is 0 Å². The van der Waals surface area contributed by atoms with Crippen LogP contribution in [0.3, 0.4) is 0 Å². The predicted molar refractivity (Wildman–Crippen MR) is 75.3 cm³/mol. The molecule has 7 heteroatoms. The lowest BCUT2D eigenvalue weighted by molar-refractivity contribution is 0.0723. The molecule has 1 fully saturated rings. The number of carbonyl (C=O) groups excluding carboxylic acids is 1. The Morgan fingerprint density at radius 3 is 2.42 bits per heavy atom. The van der Waals surface area contributed by atoms with Gasteiger partial charge in [-0.3, -0.25) is 4.79 Å². The number of primary sulfonamides is 1. The first-order valence-corrected chi connectivity index (χ1v) is 8.35. The highest BCUT2D eigenvalue weighted by molar-refractivity contribution is 9.10. The molecule has 5 nitrogen and oxygen atoms in total. The molecule has 1 amide bonds. The van der Waals surface area contributed by atoms with Crippen LogP contribution in [0.2, 0.25) is 0 Å². The minimum absolute atomic E-state index is 0.0453. The molecule has 0 aliphatic carbocycles. The van der Waals surface area contributed by atoms with Crippen molar-refractivity contribution in [2.45, 2.75) is 24.2 Å². The van der Waals surface area contributed by atoms with Gasteiger partial charge in [-0.15, -0.1) is 0 Å². The number of amides is 1. The van der Waals surface area contributed by atoms with Gasteiger partial charge in [0.2, 0.25) is 10.0 Å². The number of hydrogen-bond donors (Lipinski definition) is 1. The molecule has 19 heavy (non-hydrogen) atoms. The second-order valence-electron chi connectivity index (χ2n) is 4.54. The standard InChI is InChI=1S/C12H15BrN2O3S/c13-11-5-4-9(19(14,17)18)8-10(11)12(16)15-6-2-1-3-7-15/h4-5,8H,1-3,6-7H2,(H2,14,17,18). The molecule has 1 aliphatic heterocycles. The van der Waals surface area contributed by atoms with Crippen molar-refractivity contribution < 1.29 is 13.2 Å². The van der Waals surface area contributed by atoms with Gasteiger partial charge in [0.05, 0.1) is 10.5 Å². The number of halogens is 1. The van der Waals surface area contributed by atoms with E-state index in [9.17, 15) is 13.2 Å². The lowest BCUT2D eigenvalue weighted by atomic mass is 10.1. The molecule has 1 aromatic carbocycles. The van der Waals surface area contributed by atoms with E-state index in [2.05, 4.69) is 15.9 Å². The van der Waals surface area contributed by atoms with Crippen molar-refractivity contribution in [1.82, 2.24) is 4.90 Å². The van der Waals surface area contributed by atoms with Crippen LogP contribution in [-0.2, 0) is 10.0 Å². The number of sulfonamides is 1. The maximum absolute atomic E-state index is 12.4. The van der Waals surface area contributed by atoms with Gasteiger partial charge in [-0.05, 0) is 53.4 Å². The van der Waals surface area contributed by atoms with Gasteiger partial charge in [-0.1, -0.05) is 0 Å². The SMILES string of the molecule is NS(=O)(=O)c1ccc(Br)c(C(=O)N2CCCCC2)c1. The summed E-state index contributed by atoms with van der Waals surface area (Å²) in [6, 6.07) is 4.25. The Kier molecular flexibility index (Phi) is 4.27. The Morgan fingerprint density at radius 1 is 1.21 bits per heavy atom. The minimum Gasteiger partial charge on any atom is -0.339 e. The number of piperidine rings is 1. The molecular weight excluding hydrogens is 332 g/mol. The van der Waals surface area contributed by atoms with E-state index >= 15 is 0 Å². The fraction of sp³-hybridized carbons (Fsp3) is 0.417. The first kappa shape index (κ1) is 14.5. The molecule has 0 spiro atoms. The normalized spacial score (nSPS) is 16.4. The van der Waals surface area contributed by atoms with Crippen LogP contribution in [0.15, 0.2) is 27.6 Å². The Bertz CT molecular complexity index is 595. The summed E-state index contributed by atoms with van der Waals surface area (Å²) in [5, 5.41) is 5.09. The molecule has 104 valence electrons. The van der Waals surface area contributed by atoms with E-state index in [0.29, 0.717) is 23.1 Å². The second-order valence-corrected chi connectivity index (χ2v) is 6.96. The average Bonchev–Trinajstić information content (AvgIpc) is 2.38. The van der Waals surface area contributed by atoms with Crippen molar-refractivity contribution in [1.29, 1.82) is 0 Å². The molecule has 1 saturated heterocycles. The molecule has 0 saturated carbocycles. The van der Waals surface area contributed by atoms with Crippen molar-refractivity contribution >= 4 is 31.9 Å². The highest BCUT2D eigenvalue weighted by Gasteiger charge is 2.22. The highest BCUT2D eigenvalue weighted by atomic mass is 79.9. The topological polar surface area (TPSA) is 80.5 Å². The third-order valence-electron chi connectivity index (χ3n) is 3.14. The quantitative estimate of drug-likeness (QED) is 0.885. The molecule has 0 radical (unpaired) electrons. The van der Waals surface area contributed by atoms with Gasteiger partial charge < -0.3 is 4.90 Å². The third-order valence-corrected chi connectivity index (χ3v) is 4.74. The number of rotatable bonds is 2. The molecular formula is C12H15BrN2O3S. The molecule has 0 bridgehead atoms. The lowest BCUT2D eigenvalue weighted by Crippen LogP contribution is -2.35. The summed E-state index contributed by atoms with van der Waals surface area (Å²) < 4.78 is 23.2. The van der Waals surface area contributed by atoms with E-state index in [4.69, 9.17) is 5.14 Å². The Balaban J connectivity index is 2.35. The van der Waals surface area contributed by atoms with Crippen LogP contribution < -0.4 is 5.14 Å². The van der Waals surface area contributed by atoms with Gasteiger partial charge in [0.15, 0.2) is 0 Å². The third kappa shape index (κ3) is 3.34. The van der Waals surface area contributed by atoms with Crippen LogP contribution in [0.25, 0.3) is 0 Å². The van der Waals surface area contributed by atoms with Gasteiger partial charge in [-0.25, -0.2) is 13.6 Å². The molecule has 1 aliphatic rings. The fourth-order valence-electron chi connectivity index (χ4n) is 2.11. The summed E-state index contributed by atoms with van der Waals surface area (Å²) in [7, 11) is -3.80. The molecule has 0 aromatic heterocycles. The van der Waals surface area contributed by atoms with Gasteiger partial charge in [0.25, 0.3) is 5.91 Å². The smallest absolute Gasteiger partial charge is 0.255 e. The van der Waals surface area contributed by atoms with Crippen LogP contribution >= 0.6 is 15.9 Å². The minimum atomic E-state index is -3.80. The number of nitrogens with zero attached hydrogens (tertiary/aromatic N) is 1. The summed E-state index contributed by atoms with van der Waals surface area (Å²) in [6.07, 6.45) is 3.10. The van der Waals surface area contributed by atoms with E-state index in [1.54, 1.807) is 4.90 Å². The zero-order chi connectivity index (χ0) is 14.0. The number of likely N-dealkylation sites (tertiary alicyclic amines) is 1. The van der Waals surface area contributed by atoms with E-state index < -0.39 is 10.0 Å². The molecule has 1 aromatic rings. The number of carbonyl (C=O) groups is 1. The maximum atomic E-state index is 12.4. The van der Waals surface area contributed by atoms with Crippen molar-refractivity contribution in [3.05, 3.63) is 28.2 Å². The Morgan fingerprint density at radius 2 is 1.84 bits per heavy atom. The Hall–Kier alpha value is -0.920. The van der Waals surface area contributed by atoms with Crippen molar-refractivity contribution in [3.8, 4) is 0 Å². The summed E-state index contributed by atoms with van der Waals surface area (Å²) in [4.78, 5) is 14.1. The molecule has 0 unspecified atom stereocenters. The van der Waals surface area contributed by atoms with E-state index in [1.165, 1.54) is 18.2 Å². The van der Waals surface area contributed by atoms with E-state index in [1.807, 2.05) is 0 Å². The van der Waals surface area contributed by atoms with Crippen molar-refractivity contribution in [2.24, 2.45) is 5.14 Å². The fourth-order valence-corrected chi connectivity index (χ4v) is 3.07. The van der Waals surface area contributed by atoms with Crippen LogP contribution in [0.1, 0.15) is 29.6 Å². The molecule has 0 atom stereocenters. The van der Waals surface area contributed by atoms with Crippen molar-refractivity contribution in [3.63, 3.8) is 0 Å². The van der Waals surface area contributed by atoms with Gasteiger partial charge in [-0.2, -0.15) is 0 Å². The first-order valence-electron chi connectivity index (χ1n) is 6.01. The number of hydrogen-bond acceptors (Lipinski definition) is 3. The van der Waals surface area contributed by atoms with Gasteiger partial charge in [0, 0.05) is 17.6 Å². The maximum Gasteiger partial charge on any atom is 0.255 e. The van der Waals surface area contributed by atoms with Crippen LogP contribution in [0.4, 0.5) is 0 Å². The highest BCUT2D eigenvalue weighted by Crippen LogP contribution is 2.23. The van der Waals surface area contributed by atoms with E-state index in [0.717, 1.165) is 19.3 Å². The number of nitrogens with two attached hydrogens (primary N) is 1. The summed E-state index contributed by atoms with van der Waals surface area (Å²) in [6.45, 7) is 1.43. The van der Waals surface area contributed by atoms with Gasteiger partial charge >= 0.3 is 0 Å². The molecule has 1 heterocycles. The zero-order valence-electron chi connectivity index (χ0n) is 10.3. The Labute approximate surface area is 121 Å². The number of benzene rings is 1. The average molecular weight is 347 g/mol. The summed E-state index contributed by atoms with van der Waals surface area (Å²) in [5.74, 6) is -0.155. The molecule has 2 N–H and O–H groups in total. The summed E-state index contributed by atoms with van der Waals surface area (Å²) in [5.41, 5.74) is 0.341. The van der Waals surface area contributed by atoms with Crippen molar-refractivity contribution in [2.75, 3.05) is 13.1 Å².